The predicted molar refractivity (Wildman–Crippen MR) is 71.3 cm³/mol. The first-order chi connectivity index (χ1) is 9.67. The van der Waals surface area contributed by atoms with Gasteiger partial charge in [-0.1, -0.05) is 18.2 Å². The molecule has 6 heteroatoms. The minimum atomic E-state index is -0.608. The van der Waals surface area contributed by atoms with Gasteiger partial charge in [-0.05, 0) is 18.1 Å². The van der Waals surface area contributed by atoms with Crippen LogP contribution < -0.4 is 5.32 Å². The number of rotatable bonds is 1. The standard InChI is InChI=1S/C14H16N2O4/c1-19-13(17)11-7-9-8-5-3-4-6-10(8)15-12(9)16(11)14(18)20-2/h3-6,9,11-12,15H,7H2,1-2H3/t9-,11-,12+/m0/s1. The SMILES string of the molecule is COC(=O)[C@@H]1C[C@H]2c3ccccc3N[C@@H]2N1C(=O)OC. The molecule has 0 aliphatic carbocycles. The average molecular weight is 276 g/mol. The third kappa shape index (κ3) is 1.71. The van der Waals surface area contributed by atoms with E-state index in [1.807, 2.05) is 24.3 Å². The van der Waals surface area contributed by atoms with E-state index < -0.39 is 18.1 Å². The highest BCUT2D eigenvalue weighted by Gasteiger charge is 2.52. The highest BCUT2D eigenvalue weighted by Crippen LogP contribution is 2.46. The van der Waals surface area contributed by atoms with E-state index in [1.165, 1.54) is 19.1 Å². The molecule has 2 heterocycles. The van der Waals surface area contributed by atoms with Crippen molar-refractivity contribution < 1.29 is 19.1 Å². The number of nitrogens with zero attached hydrogens (tertiary/aromatic N) is 1. The van der Waals surface area contributed by atoms with Crippen LogP contribution in [-0.2, 0) is 14.3 Å². The zero-order valence-electron chi connectivity index (χ0n) is 11.3. The highest BCUT2D eigenvalue weighted by atomic mass is 16.5. The molecule has 3 atom stereocenters. The Morgan fingerprint density at radius 3 is 2.70 bits per heavy atom. The van der Waals surface area contributed by atoms with E-state index >= 15 is 0 Å². The lowest BCUT2D eigenvalue weighted by molar-refractivity contribution is -0.145. The number of likely N-dealkylation sites (tertiary alicyclic amines) is 1. The number of hydrogen-bond donors (Lipinski definition) is 1. The smallest absolute Gasteiger partial charge is 0.411 e. The molecule has 106 valence electrons. The third-order valence-corrected chi connectivity index (χ3v) is 4.02. The number of fused-ring (bicyclic) bond motifs is 3. The summed E-state index contributed by atoms with van der Waals surface area (Å²) in [5.74, 6) is -0.335. The Morgan fingerprint density at radius 1 is 1.25 bits per heavy atom. The van der Waals surface area contributed by atoms with Crippen molar-refractivity contribution >= 4 is 17.7 Å². The van der Waals surface area contributed by atoms with Gasteiger partial charge in [0.15, 0.2) is 0 Å². The van der Waals surface area contributed by atoms with Crippen LogP contribution >= 0.6 is 0 Å². The van der Waals surface area contributed by atoms with Gasteiger partial charge in [-0.25, -0.2) is 9.59 Å². The molecule has 20 heavy (non-hydrogen) atoms. The van der Waals surface area contributed by atoms with Crippen LogP contribution in [0.1, 0.15) is 17.9 Å². The molecule has 0 spiro atoms. The van der Waals surface area contributed by atoms with Gasteiger partial charge in [0, 0.05) is 11.6 Å². The second kappa shape index (κ2) is 4.70. The topological polar surface area (TPSA) is 67.9 Å². The summed E-state index contributed by atoms with van der Waals surface area (Å²) >= 11 is 0. The lowest BCUT2D eigenvalue weighted by Gasteiger charge is -2.27. The summed E-state index contributed by atoms with van der Waals surface area (Å²) in [6.07, 6.45) is -0.242. The second-order valence-corrected chi connectivity index (χ2v) is 4.93. The van der Waals surface area contributed by atoms with Crippen LogP contribution in [0.3, 0.4) is 0 Å². The van der Waals surface area contributed by atoms with E-state index in [0.29, 0.717) is 6.42 Å². The predicted octanol–water partition coefficient (Wildman–Crippen LogP) is 1.54. The molecule has 0 aromatic heterocycles. The van der Waals surface area contributed by atoms with Gasteiger partial charge in [-0.3, -0.25) is 4.90 Å². The molecule has 6 nitrogen and oxygen atoms in total. The fourth-order valence-corrected chi connectivity index (χ4v) is 3.14. The lowest BCUT2D eigenvalue weighted by Crippen LogP contribution is -2.47. The number of methoxy groups -OCH3 is 2. The largest absolute Gasteiger partial charge is 0.467 e. The number of para-hydroxylation sites is 1. The Labute approximate surface area is 116 Å². The molecule has 0 unspecified atom stereocenters. The van der Waals surface area contributed by atoms with Crippen molar-refractivity contribution in [3.8, 4) is 0 Å². The summed E-state index contributed by atoms with van der Waals surface area (Å²) in [7, 11) is 2.64. The fraction of sp³-hybridized carbons (Fsp3) is 0.429. The number of nitrogens with one attached hydrogen (secondary N) is 1. The molecule has 1 aromatic rings. The summed E-state index contributed by atoms with van der Waals surface area (Å²) in [6, 6.07) is 7.27. The van der Waals surface area contributed by atoms with Crippen LogP contribution in [0.25, 0.3) is 0 Å². The molecule has 2 aliphatic rings. The number of esters is 1. The zero-order valence-corrected chi connectivity index (χ0v) is 11.3. The fourth-order valence-electron chi connectivity index (χ4n) is 3.14. The molecule has 0 radical (unpaired) electrons. The first-order valence-corrected chi connectivity index (χ1v) is 6.47. The van der Waals surface area contributed by atoms with Crippen LogP contribution in [0.5, 0.6) is 0 Å². The molecule has 1 N–H and O–H groups in total. The lowest BCUT2D eigenvalue weighted by atomic mass is 9.96. The molecule has 2 aliphatic heterocycles. The van der Waals surface area contributed by atoms with E-state index in [2.05, 4.69) is 5.32 Å². The van der Waals surface area contributed by atoms with Gasteiger partial charge in [0.2, 0.25) is 0 Å². The first kappa shape index (κ1) is 12.8. The van der Waals surface area contributed by atoms with Gasteiger partial charge in [0.25, 0.3) is 0 Å². The Balaban J connectivity index is 1.96. The maximum atomic E-state index is 12.0. The van der Waals surface area contributed by atoms with Gasteiger partial charge in [-0.2, -0.15) is 0 Å². The van der Waals surface area contributed by atoms with Crippen LogP contribution in [0.4, 0.5) is 10.5 Å². The van der Waals surface area contributed by atoms with E-state index in [4.69, 9.17) is 9.47 Å². The van der Waals surface area contributed by atoms with Crippen molar-refractivity contribution in [3.05, 3.63) is 29.8 Å². The number of ether oxygens (including phenoxy) is 2. The summed E-state index contributed by atoms with van der Waals surface area (Å²) in [6.45, 7) is 0. The summed E-state index contributed by atoms with van der Waals surface area (Å²) in [5.41, 5.74) is 2.12. The van der Waals surface area contributed by atoms with Crippen molar-refractivity contribution in [3.63, 3.8) is 0 Å². The molecule has 0 saturated carbocycles. The van der Waals surface area contributed by atoms with Crippen molar-refractivity contribution in [1.82, 2.24) is 4.90 Å². The first-order valence-electron chi connectivity index (χ1n) is 6.47. The molecular weight excluding hydrogens is 260 g/mol. The average Bonchev–Trinajstić information content (AvgIpc) is 3.01. The maximum Gasteiger partial charge on any atom is 0.411 e. The number of carbonyl (C=O) groups excluding carboxylic acids is 2. The molecule has 1 fully saturated rings. The Kier molecular flexibility index (Phi) is 3.00. The molecule has 1 aromatic carbocycles. The normalized spacial score (nSPS) is 26.5. The van der Waals surface area contributed by atoms with Gasteiger partial charge < -0.3 is 14.8 Å². The number of amides is 1. The minimum Gasteiger partial charge on any atom is -0.467 e. The molecule has 3 rings (SSSR count). The molecule has 1 amide bonds. The molecule has 1 saturated heterocycles. The second-order valence-electron chi connectivity index (χ2n) is 4.93. The number of anilines is 1. The Bertz CT molecular complexity index is 560. The quantitative estimate of drug-likeness (QED) is 0.788. The minimum absolute atomic E-state index is 0.0781. The monoisotopic (exact) mass is 276 g/mol. The van der Waals surface area contributed by atoms with E-state index in [0.717, 1.165) is 11.3 Å². The van der Waals surface area contributed by atoms with Gasteiger partial charge in [0.05, 0.1) is 14.2 Å². The van der Waals surface area contributed by atoms with Crippen molar-refractivity contribution in [2.45, 2.75) is 24.5 Å². The zero-order chi connectivity index (χ0) is 14.3. The summed E-state index contributed by atoms with van der Waals surface area (Å²) in [5, 5.41) is 3.29. The number of hydrogen-bond acceptors (Lipinski definition) is 5. The Hall–Kier alpha value is -2.24. The maximum absolute atomic E-state index is 12.0. The van der Waals surface area contributed by atoms with Crippen LogP contribution in [-0.4, -0.2) is 43.4 Å². The van der Waals surface area contributed by atoms with E-state index in [-0.39, 0.29) is 12.1 Å². The summed E-state index contributed by atoms with van der Waals surface area (Å²) < 4.78 is 9.60. The number of carbonyl (C=O) groups is 2. The van der Waals surface area contributed by atoms with E-state index in [9.17, 15) is 9.59 Å². The third-order valence-electron chi connectivity index (χ3n) is 4.02. The number of benzene rings is 1. The highest BCUT2D eigenvalue weighted by molar-refractivity contribution is 5.84. The van der Waals surface area contributed by atoms with Gasteiger partial charge >= 0.3 is 12.1 Å². The molecule has 0 bridgehead atoms. The van der Waals surface area contributed by atoms with Crippen LogP contribution in [0, 0.1) is 0 Å². The molecular formula is C14H16N2O4. The van der Waals surface area contributed by atoms with Gasteiger partial charge in [-0.15, -0.1) is 0 Å². The van der Waals surface area contributed by atoms with Crippen molar-refractivity contribution in [2.75, 3.05) is 19.5 Å². The summed E-state index contributed by atoms with van der Waals surface area (Å²) in [4.78, 5) is 25.3. The van der Waals surface area contributed by atoms with Crippen molar-refractivity contribution in [2.24, 2.45) is 0 Å². The van der Waals surface area contributed by atoms with E-state index in [1.54, 1.807) is 0 Å². The van der Waals surface area contributed by atoms with Crippen molar-refractivity contribution in [1.29, 1.82) is 0 Å². The van der Waals surface area contributed by atoms with Crippen LogP contribution in [0.15, 0.2) is 24.3 Å². The van der Waals surface area contributed by atoms with Gasteiger partial charge in [0.1, 0.15) is 12.2 Å². The Morgan fingerprint density at radius 2 is 2.00 bits per heavy atom. The van der Waals surface area contributed by atoms with Crippen LogP contribution in [0.2, 0.25) is 0 Å².